The molecule has 0 heterocycles. The lowest BCUT2D eigenvalue weighted by atomic mass is 9.75. The highest BCUT2D eigenvalue weighted by molar-refractivity contribution is 6.33. The van der Waals surface area contributed by atoms with Gasteiger partial charge < -0.3 is 5.32 Å². The molecule has 1 saturated carbocycles. The summed E-state index contributed by atoms with van der Waals surface area (Å²) in [5.41, 5.74) is 2.75. The molecule has 1 fully saturated rings. The SMILES string of the molecule is Cc1ccc(C2CC(Nc3c(F)cc(F)cc3Cl)C2)cc1. The molecular formula is C17H16ClF2N. The topological polar surface area (TPSA) is 12.0 Å². The Labute approximate surface area is 127 Å². The summed E-state index contributed by atoms with van der Waals surface area (Å²) in [6.07, 6.45) is 1.85. The Hall–Kier alpha value is -1.61. The van der Waals surface area contributed by atoms with Gasteiger partial charge in [0.1, 0.15) is 5.82 Å². The summed E-state index contributed by atoms with van der Waals surface area (Å²) >= 11 is 5.89. The summed E-state index contributed by atoms with van der Waals surface area (Å²) in [6.45, 7) is 2.06. The molecule has 0 bridgehead atoms. The van der Waals surface area contributed by atoms with Crippen LogP contribution in [0.15, 0.2) is 36.4 Å². The molecule has 0 radical (unpaired) electrons. The molecule has 110 valence electrons. The molecule has 1 nitrogen and oxygen atoms in total. The van der Waals surface area contributed by atoms with Crippen LogP contribution in [-0.4, -0.2) is 6.04 Å². The second-order valence-electron chi connectivity index (χ2n) is 5.66. The van der Waals surface area contributed by atoms with Crippen molar-refractivity contribution in [1.82, 2.24) is 0 Å². The minimum atomic E-state index is -0.658. The Morgan fingerprint density at radius 1 is 1.10 bits per heavy atom. The summed E-state index contributed by atoms with van der Waals surface area (Å²) in [5.74, 6) is -0.807. The van der Waals surface area contributed by atoms with Crippen molar-refractivity contribution in [3.63, 3.8) is 0 Å². The smallest absolute Gasteiger partial charge is 0.150 e. The molecule has 0 aliphatic heterocycles. The van der Waals surface area contributed by atoms with Crippen LogP contribution in [0.5, 0.6) is 0 Å². The van der Waals surface area contributed by atoms with Gasteiger partial charge in [0.15, 0.2) is 5.82 Å². The van der Waals surface area contributed by atoms with Gasteiger partial charge in [0.25, 0.3) is 0 Å². The predicted molar refractivity (Wildman–Crippen MR) is 81.9 cm³/mol. The van der Waals surface area contributed by atoms with Gasteiger partial charge in [-0.15, -0.1) is 0 Å². The van der Waals surface area contributed by atoms with Crippen LogP contribution in [0, 0.1) is 18.6 Å². The third-order valence-corrected chi connectivity index (χ3v) is 4.34. The fraction of sp³-hybridized carbons (Fsp3) is 0.294. The van der Waals surface area contributed by atoms with Crippen LogP contribution in [0.25, 0.3) is 0 Å². The van der Waals surface area contributed by atoms with Crippen molar-refractivity contribution >= 4 is 17.3 Å². The van der Waals surface area contributed by atoms with Crippen LogP contribution in [-0.2, 0) is 0 Å². The summed E-state index contributed by atoms with van der Waals surface area (Å²) in [4.78, 5) is 0. The zero-order valence-electron chi connectivity index (χ0n) is 11.7. The molecule has 0 atom stereocenters. The van der Waals surface area contributed by atoms with E-state index in [9.17, 15) is 8.78 Å². The monoisotopic (exact) mass is 307 g/mol. The Balaban J connectivity index is 1.64. The number of aryl methyl sites for hydroxylation is 1. The standard InChI is InChI=1S/C17H16ClF2N/c1-10-2-4-11(5-3-10)12-6-14(7-12)21-17-15(18)8-13(19)9-16(17)20/h2-5,8-9,12,14,21H,6-7H2,1H3. The Morgan fingerprint density at radius 3 is 2.38 bits per heavy atom. The van der Waals surface area contributed by atoms with E-state index in [0.717, 1.165) is 25.0 Å². The molecule has 4 heteroatoms. The molecule has 0 spiro atoms. The molecule has 0 aromatic heterocycles. The molecule has 2 aromatic carbocycles. The summed E-state index contributed by atoms with van der Waals surface area (Å²) < 4.78 is 26.7. The van der Waals surface area contributed by atoms with E-state index in [-0.39, 0.29) is 16.8 Å². The van der Waals surface area contributed by atoms with Gasteiger partial charge in [-0.2, -0.15) is 0 Å². The number of anilines is 1. The highest BCUT2D eigenvalue weighted by Crippen LogP contribution is 2.40. The average Bonchev–Trinajstić information content (AvgIpc) is 2.37. The van der Waals surface area contributed by atoms with Gasteiger partial charge in [-0.3, -0.25) is 0 Å². The van der Waals surface area contributed by atoms with E-state index in [2.05, 4.69) is 36.5 Å². The molecule has 1 N–H and O–H groups in total. The first-order chi connectivity index (χ1) is 10.0. The van der Waals surface area contributed by atoms with Crippen molar-refractivity contribution in [2.45, 2.75) is 31.7 Å². The fourth-order valence-corrected chi connectivity index (χ4v) is 2.98. The number of benzene rings is 2. The van der Waals surface area contributed by atoms with Gasteiger partial charge in [-0.1, -0.05) is 41.4 Å². The first-order valence-electron chi connectivity index (χ1n) is 7.00. The lowest BCUT2D eigenvalue weighted by Gasteiger charge is -2.37. The minimum absolute atomic E-state index is 0.0892. The third kappa shape index (κ3) is 3.03. The number of hydrogen-bond acceptors (Lipinski definition) is 1. The zero-order valence-corrected chi connectivity index (χ0v) is 12.4. The number of halogens is 3. The van der Waals surface area contributed by atoms with Crippen LogP contribution < -0.4 is 5.32 Å². The van der Waals surface area contributed by atoms with E-state index in [4.69, 9.17) is 11.6 Å². The van der Waals surface area contributed by atoms with Crippen LogP contribution in [0.2, 0.25) is 5.02 Å². The van der Waals surface area contributed by atoms with Crippen LogP contribution >= 0.6 is 11.6 Å². The number of hydrogen-bond donors (Lipinski definition) is 1. The maximum atomic E-state index is 13.7. The summed E-state index contributed by atoms with van der Waals surface area (Å²) in [6, 6.07) is 10.6. The van der Waals surface area contributed by atoms with E-state index in [0.29, 0.717) is 5.92 Å². The quantitative estimate of drug-likeness (QED) is 0.813. The first kappa shape index (κ1) is 14.3. The molecule has 21 heavy (non-hydrogen) atoms. The average molecular weight is 308 g/mol. The fourth-order valence-electron chi connectivity index (χ4n) is 2.73. The highest BCUT2D eigenvalue weighted by atomic mass is 35.5. The van der Waals surface area contributed by atoms with Gasteiger partial charge in [-0.05, 0) is 37.3 Å². The minimum Gasteiger partial charge on any atom is -0.379 e. The van der Waals surface area contributed by atoms with Crippen molar-refractivity contribution < 1.29 is 8.78 Å². The maximum Gasteiger partial charge on any atom is 0.150 e. The molecule has 2 aromatic rings. The number of rotatable bonds is 3. The van der Waals surface area contributed by atoms with Crippen molar-refractivity contribution in [1.29, 1.82) is 0 Å². The van der Waals surface area contributed by atoms with Crippen LogP contribution in [0.3, 0.4) is 0 Å². The van der Waals surface area contributed by atoms with Crippen molar-refractivity contribution in [2.75, 3.05) is 5.32 Å². The van der Waals surface area contributed by atoms with Gasteiger partial charge in [0.05, 0.1) is 10.7 Å². The van der Waals surface area contributed by atoms with E-state index < -0.39 is 11.6 Å². The van der Waals surface area contributed by atoms with Crippen molar-refractivity contribution in [2.24, 2.45) is 0 Å². The van der Waals surface area contributed by atoms with Crippen molar-refractivity contribution in [3.05, 3.63) is 64.2 Å². The van der Waals surface area contributed by atoms with E-state index >= 15 is 0 Å². The van der Waals surface area contributed by atoms with Gasteiger partial charge in [-0.25, -0.2) is 8.78 Å². The van der Waals surface area contributed by atoms with Gasteiger partial charge in [0.2, 0.25) is 0 Å². The van der Waals surface area contributed by atoms with Crippen molar-refractivity contribution in [3.8, 4) is 0 Å². The molecule has 1 aliphatic carbocycles. The normalized spacial score (nSPS) is 21.0. The second kappa shape index (κ2) is 5.64. The Bertz CT molecular complexity index is 625. The van der Waals surface area contributed by atoms with E-state index in [1.807, 2.05) is 0 Å². The first-order valence-corrected chi connectivity index (χ1v) is 7.38. The molecule has 0 saturated heterocycles. The third-order valence-electron chi connectivity index (χ3n) is 4.04. The Kier molecular flexibility index (Phi) is 3.85. The highest BCUT2D eigenvalue weighted by Gasteiger charge is 2.31. The molecule has 0 unspecified atom stereocenters. The van der Waals surface area contributed by atoms with Crippen LogP contribution in [0.1, 0.15) is 29.9 Å². The van der Waals surface area contributed by atoms with Gasteiger partial charge >= 0.3 is 0 Å². The van der Waals surface area contributed by atoms with Gasteiger partial charge in [0, 0.05) is 12.1 Å². The Morgan fingerprint density at radius 2 is 1.76 bits per heavy atom. The largest absolute Gasteiger partial charge is 0.379 e. The second-order valence-corrected chi connectivity index (χ2v) is 6.07. The summed E-state index contributed by atoms with van der Waals surface area (Å²) in [7, 11) is 0. The predicted octanol–water partition coefficient (Wildman–Crippen LogP) is 5.28. The van der Waals surface area contributed by atoms with Crippen LogP contribution in [0.4, 0.5) is 14.5 Å². The molecule has 1 aliphatic rings. The molecule has 3 rings (SSSR count). The maximum absolute atomic E-state index is 13.7. The summed E-state index contributed by atoms with van der Waals surface area (Å²) in [5, 5.41) is 3.17. The lowest BCUT2D eigenvalue weighted by molar-refractivity contribution is 0.373. The number of nitrogens with one attached hydrogen (secondary N) is 1. The van der Waals surface area contributed by atoms with E-state index in [1.54, 1.807) is 0 Å². The molecular weight excluding hydrogens is 292 g/mol. The zero-order chi connectivity index (χ0) is 15.0. The lowest BCUT2D eigenvalue weighted by Crippen LogP contribution is -2.34. The molecule has 0 amide bonds. The van der Waals surface area contributed by atoms with E-state index in [1.165, 1.54) is 11.1 Å².